The smallest absolute Gasteiger partial charge is 0.322 e. The Balaban J connectivity index is 2.93. The van der Waals surface area contributed by atoms with Gasteiger partial charge in [-0.15, -0.1) is 0 Å². The summed E-state index contributed by atoms with van der Waals surface area (Å²) in [5.41, 5.74) is 0. The molecule has 7 heteroatoms. The van der Waals surface area contributed by atoms with Crippen LogP contribution in [0.1, 0.15) is 12.8 Å². The largest absolute Gasteiger partial charge is 0.480 e. The first-order valence-corrected chi connectivity index (χ1v) is 5.69. The molecule has 1 saturated heterocycles. The van der Waals surface area contributed by atoms with E-state index in [2.05, 4.69) is 0 Å². The SMILES string of the molecule is CN(C)S(=O)(=O)N1CCCC1C(=O)O. The van der Waals surface area contributed by atoms with Crippen molar-refractivity contribution in [3.63, 3.8) is 0 Å². The van der Waals surface area contributed by atoms with Crippen molar-refractivity contribution in [2.45, 2.75) is 18.9 Å². The number of rotatable bonds is 3. The molecule has 0 aromatic heterocycles. The van der Waals surface area contributed by atoms with Gasteiger partial charge in [-0.05, 0) is 12.8 Å². The van der Waals surface area contributed by atoms with E-state index in [1.807, 2.05) is 0 Å². The molecule has 0 spiro atoms. The van der Waals surface area contributed by atoms with E-state index in [1.165, 1.54) is 14.1 Å². The van der Waals surface area contributed by atoms with Gasteiger partial charge in [-0.25, -0.2) is 0 Å². The average Bonchev–Trinajstić information content (AvgIpc) is 2.51. The van der Waals surface area contributed by atoms with Crippen molar-refractivity contribution in [3.05, 3.63) is 0 Å². The fraction of sp³-hybridized carbons (Fsp3) is 0.857. The topological polar surface area (TPSA) is 77.9 Å². The second kappa shape index (κ2) is 3.84. The molecule has 1 rings (SSSR count). The van der Waals surface area contributed by atoms with Crippen LogP contribution in [-0.2, 0) is 15.0 Å². The second-order valence-corrected chi connectivity index (χ2v) is 5.49. The highest BCUT2D eigenvalue weighted by Crippen LogP contribution is 2.22. The van der Waals surface area contributed by atoms with Gasteiger partial charge in [0.1, 0.15) is 6.04 Å². The first-order chi connectivity index (χ1) is 6.37. The first-order valence-electron chi connectivity index (χ1n) is 4.29. The summed E-state index contributed by atoms with van der Waals surface area (Å²) in [6.45, 7) is 0.289. The molecule has 1 aliphatic rings. The molecule has 0 aromatic carbocycles. The summed E-state index contributed by atoms with van der Waals surface area (Å²) in [7, 11) is -0.794. The second-order valence-electron chi connectivity index (χ2n) is 3.40. The maximum Gasteiger partial charge on any atom is 0.322 e. The Kier molecular flexibility index (Phi) is 3.13. The number of hydrogen-bond acceptors (Lipinski definition) is 3. The number of hydrogen-bond donors (Lipinski definition) is 1. The minimum absolute atomic E-state index is 0.289. The van der Waals surface area contributed by atoms with Gasteiger partial charge in [-0.1, -0.05) is 0 Å². The Morgan fingerprint density at radius 3 is 2.50 bits per heavy atom. The van der Waals surface area contributed by atoms with Gasteiger partial charge in [0.2, 0.25) is 0 Å². The van der Waals surface area contributed by atoms with Gasteiger partial charge in [0.15, 0.2) is 0 Å². The van der Waals surface area contributed by atoms with E-state index in [-0.39, 0.29) is 6.54 Å². The quantitative estimate of drug-likeness (QED) is 0.687. The van der Waals surface area contributed by atoms with Crippen LogP contribution >= 0.6 is 0 Å². The Bertz CT molecular complexity index is 325. The van der Waals surface area contributed by atoms with Crippen LogP contribution in [0, 0.1) is 0 Å². The zero-order valence-corrected chi connectivity index (χ0v) is 8.99. The van der Waals surface area contributed by atoms with Crippen LogP contribution in [0.25, 0.3) is 0 Å². The van der Waals surface area contributed by atoms with Crippen molar-refractivity contribution in [2.24, 2.45) is 0 Å². The molecule has 14 heavy (non-hydrogen) atoms. The van der Waals surface area contributed by atoms with Gasteiger partial charge >= 0.3 is 5.97 Å². The fourth-order valence-electron chi connectivity index (χ4n) is 1.47. The molecule has 0 aliphatic carbocycles. The van der Waals surface area contributed by atoms with Gasteiger partial charge in [-0.3, -0.25) is 4.79 Å². The van der Waals surface area contributed by atoms with E-state index in [4.69, 9.17) is 5.11 Å². The summed E-state index contributed by atoms with van der Waals surface area (Å²) in [4.78, 5) is 10.8. The lowest BCUT2D eigenvalue weighted by atomic mass is 10.2. The maximum absolute atomic E-state index is 11.6. The molecular formula is C7H14N2O4S. The monoisotopic (exact) mass is 222 g/mol. The van der Waals surface area contributed by atoms with E-state index in [0.717, 1.165) is 8.61 Å². The summed E-state index contributed by atoms with van der Waals surface area (Å²) in [6.07, 6.45) is 0.993. The Labute approximate surface area is 83.3 Å². The lowest BCUT2D eigenvalue weighted by Gasteiger charge is -2.24. The summed E-state index contributed by atoms with van der Waals surface area (Å²) in [5.74, 6) is -1.08. The number of aliphatic carboxylic acids is 1. The standard InChI is InChI=1S/C7H14N2O4S/c1-8(2)14(12,13)9-5-3-4-6(9)7(10)11/h6H,3-5H2,1-2H3,(H,10,11). The van der Waals surface area contributed by atoms with Crippen LogP contribution in [0.2, 0.25) is 0 Å². The van der Waals surface area contributed by atoms with E-state index in [9.17, 15) is 13.2 Å². The third kappa shape index (κ3) is 1.89. The molecule has 0 aromatic rings. The van der Waals surface area contributed by atoms with E-state index in [0.29, 0.717) is 12.8 Å². The van der Waals surface area contributed by atoms with Crippen molar-refractivity contribution in [1.29, 1.82) is 0 Å². The molecule has 0 radical (unpaired) electrons. The molecule has 0 amide bonds. The van der Waals surface area contributed by atoms with Gasteiger partial charge in [0.05, 0.1) is 0 Å². The lowest BCUT2D eigenvalue weighted by molar-refractivity contribution is -0.140. The molecule has 1 N–H and O–H groups in total. The fourth-order valence-corrected chi connectivity index (χ4v) is 2.77. The molecule has 1 heterocycles. The third-order valence-electron chi connectivity index (χ3n) is 2.25. The Morgan fingerprint density at radius 2 is 2.07 bits per heavy atom. The lowest BCUT2D eigenvalue weighted by Crippen LogP contribution is -2.45. The minimum atomic E-state index is -3.58. The van der Waals surface area contributed by atoms with E-state index in [1.54, 1.807) is 0 Å². The third-order valence-corrected chi connectivity index (χ3v) is 4.20. The van der Waals surface area contributed by atoms with Crippen LogP contribution in [-0.4, -0.2) is 54.8 Å². The van der Waals surface area contributed by atoms with E-state index < -0.39 is 22.2 Å². The first kappa shape index (κ1) is 11.4. The predicted molar refractivity (Wildman–Crippen MR) is 50.0 cm³/mol. The zero-order chi connectivity index (χ0) is 10.9. The summed E-state index contributed by atoms with van der Waals surface area (Å²) in [5, 5.41) is 8.80. The molecule has 1 atom stereocenters. The van der Waals surface area contributed by atoms with Crippen molar-refractivity contribution in [2.75, 3.05) is 20.6 Å². The highest BCUT2D eigenvalue weighted by molar-refractivity contribution is 7.86. The number of carbonyl (C=O) groups is 1. The van der Waals surface area contributed by atoms with Crippen LogP contribution in [0.4, 0.5) is 0 Å². The predicted octanol–water partition coefficient (Wildman–Crippen LogP) is -0.658. The number of carboxylic acids is 1. The van der Waals surface area contributed by atoms with Gasteiger partial charge in [-0.2, -0.15) is 17.0 Å². The normalized spacial score (nSPS) is 24.4. The van der Waals surface area contributed by atoms with Crippen molar-refractivity contribution < 1.29 is 18.3 Å². The molecule has 0 saturated carbocycles. The van der Waals surface area contributed by atoms with Crippen LogP contribution in [0.15, 0.2) is 0 Å². The maximum atomic E-state index is 11.6. The summed E-state index contributed by atoms with van der Waals surface area (Å²) < 4.78 is 25.3. The van der Waals surface area contributed by atoms with Crippen LogP contribution in [0.3, 0.4) is 0 Å². The highest BCUT2D eigenvalue weighted by atomic mass is 32.2. The van der Waals surface area contributed by atoms with Crippen molar-refractivity contribution in [3.8, 4) is 0 Å². The molecule has 1 unspecified atom stereocenters. The Hall–Kier alpha value is -0.660. The van der Waals surface area contributed by atoms with Crippen molar-refractivity contribution >= 4 is 16.2 Å². The van der Waals surface area contributed by atoms with Gasteiger partial charge < -0.3 is 5.11 Å². The number of nitrogens with zero attached hydrogens (tertiary/aromatic N) is 2. The zero-order valence-electron chi connectivity index (χ0n) is 8.17. The summed E-state index contributed by atoms with van der Waals surface area (Å²) >= 11 is 0. The molecule has 0 bridgehead atoms. The molecule has 1 aliphatic heterocycles. The number of carboxylic acid groups (broad SMARTS) is 1. The Morgan fingerprint density at radius 1 is 1.50 bits per heavy atom. The molecule has 1 fully saturated rings. The highest BCUT2D eigenvalue weighted by Gasteiger charge is 2.39. The van der Waals surface area contributed by atoms with Gasteiger partial charge in [0.25, 0.3) is 10.2 Å². The van der Waals surface area contributed by atoms with Crippen molar-refractivity contribution in [1.82, 2.24) is 8.61 Å². The minimum Gasteiger partial charge on any atom is -0.480 e. The van der Waals surface area contributed by atoms with Gasteiger partial charge in [0, 0.05) is 20.6 Å². The molecule has 82 valence electrons. The van der Waals surface area contributed by atoms with E-state index >= 15 is 0 Å². The van der Waals surface area contributed by atoms with Crippen LogP contribution < -0.4 is 0 Å². The molecular weight excluding hydrogens is 208 g/mol. The van der Waals surface area contributed by atoms with Crippen LogP contribution in [0.5, 0.6) is 0 Å². The molecule has 6 nitrogen and oxygen atoms in total. The average molecular weight is 222 g/mol. The summed E-state index contributed by atoms with van der Waals surface area (Å²) in [6, 6.07) is -0.901.